The molecule has 0 atom stereocenters. The van der Waals surface area contributed by atoms with Crippen molar-refractivity contribution in [3.8, 4) is 0 Å². The molecule has 2 aromatic heterocycles. The number of pyridine rings is 1. The second kappa shape index (κ2) is 2.53. The van der Waals surface area contributed by atoms with Crippen LogP contribution >= 0.6 is 0 Å². The van der Waals surface area contributed by atoms with E-state index in [-0.39, 0.29) is 0 Å². The lowest BCUT2D eigenvalue weighted by atomic mass is 10.3. The maximum absolute atomic E-state index is 11.1. The van der Waals surface area contributed by atoms with Gasteiger partial charge in [-0.05, 0) is 6.07 Å². The Hall–Kier alpha value is -1.43. The Kier molecular flexibility index (Phi) is 1.59. The average Bonchev–Trinajstić information content (AvgIpc) is 2.45. The fourth-order valence-corrected chi connectivity index (χ4v) is 1.56. The van der Waals surface area contributed by atoms with Crippen LogP contribution in [0.5, 0.6) is 0 Å². The van der Waals surface area contributed by atoms with Crippen molar-refractivity contribution in [1.82, 2.24) is 14.2 Å². The first-order valence-corrected chi connectivity index (χ1v) is 5.42. The summed E-state index contributed by atoms with van der Waals surface area (Å²) >= 11 is 0. The molecule has 0 radical (unpaired) electrons. The molecule has 0 aromatic carbocycles. The highest BCUT2D eigenvalue weighted by Gasteiger charge is 2.07. The van der Waals surface area contributed by atoms with Gasteiger partial charge in [0.2, 0.25) is 0 Å². The van der Waals surface area contributed by atoms with E-state index in [1.165, 1.54) is 6.20 Å². The van der Waals surface area contributed by atoms with E-state index in [1.54, 1.807) is 18.5 Å². The molecule has 5 nitrogen and oxygen atoms in total. The highest BCUT2D eigenvalue weighted by atomic mass is 32.2. The largest absolute Gasteiger partial charge is 0.264 e. The average molecular weight is 197 g/mol. The molecule has 0 saturated carbocycles. The van der Waals surface area contributed by atoms with Gasteiger partial charge in [0, 0.05) is 17.8 Å². The summed E-state index contributed by atoms with van der Waals surface area (Å²) in [5.74, 6) is 0. The molecule has 2 heterocycles. The molecular weight excluding hydrogens is 190 g/mol. The van der Waals surface area contributed by atoms with Crippen LogP contribution in [0.4, 0.5) is 0 Å². The van der Waals surface area contributed by atoms with Gasteiger partial charge in [-0.15, -0.1) is 0 Å². The minimum atomic E-state index is -3.29. The fourth-order valence-electron chi connectivity index (χ4n) is 1.01. The first-order valence-electron chi connectivity index (χ1n) is 3.57. The predicted molar refractivity (Wildman–Crippen MR) is 47.8 cm³/mol. The lowest BCUT2D eigenvalue weighted by Crippen LogP contribution is -2.09. The summed E-state index contributed by atoms with van der Waals surface area (Å²) in [4.78, 5) is 3.86. The molecule has 2 rings (SSSR count). The molecule has 6 heteroatoms. The molecular formula is C7H7N3O2S. The Morgan fingerprint density at radius 3 is 2.85 bits per heavy atom. The van der Waals surface area contributed by atoms with Crippen molar-refractivity contribution < 1.29 is 8.42 Å². The molecule has 0 aliphatic carbocycles. The van der Waals surface area contributed by atoms with Gasteiger partial charge in [0.15, 0.2) is 0 Å². The van der Waals surface area contributed by atoms with Gasteiger partial charge in [0.05, 0.1) is 18.0 Å². The summed E-state index contributed by atoms with van der Waals surface area (Å²) in [5.41, 5.74) is 0.625. The van der Waals surface area contributed by atoms with E-state index in [0.29, 0.717) is 10.9 Å². The van der Waals surface area contributed by atoms with Crippen molar-refractivity contribution in [2.45, 2.75) is 0 Å². The van der Waals surface area contributed by atoms with Gasteiger partial charge in [0.25, 0.3) is 10.0 Å². The monoisotopic (exact) mass is 197 g/mol. The number of aromatic nitrogens is 3. The second-order valence-corrected chi connectivity index (χ2v) is 4.54. The van der Waals surface area contributed by atoms with Gasteiger partial charge in [-0.1, -0.05) is 0 Å². The van der Waals surface area contributed by atoms with Gasteiger partial charge in [-0.25, -0.2) is 8.42 Å². The highest BCUT2D eigenvalue weighted by molar-refractivity contribution is 7.89. The third-order valence-electron chi connectivity index (χ3n) is 1.62. The Balaban J connectivity index is 2.77. The third-order valence-corrected chi connectivity index (χ3v) is 2.49. The van der Waals surface area contributed by atoms with Crippen molar-refractivity contribution in [2.24, 2.45) is 0 Å². The SMILES string of the molecule is CS(=O)(=O)n1cc2cnccc2n1. The zero-order valence-corrected chi connectivity index (χ0v) is 7.69. The molecule has 0 saturated heterocycles. The van der Waals surface area contributed by atoms with Gasteiger partial charge in [-0.2, -0.15) is 9.19 Å². The Morgan fingerprint density at radius 1 is 1.46 bits per heavy atom. The van der Waals surface area contributed by atoms with Gasteiger partial charge < -0.3 is 0 Å². The number of rotatable bonds is 1. The van der Waals surface area contributed by atoms with Crippen LogP contribution in [0.3, 0.4) is 0 Å². The van der Waals surface area contributed by atoms with Gasteiger partial charge >= 0.3 is 0 Å². The molecule has 0 bridgehead atoms. The van der Waals surface area contributed by atoms with Crippen LogP contribution in [0.25, 0.3) is 10.9 Å². The second-order valence-electron chi connectivity index (χ2n) is 2.70. The Morgan fingerprint density at radius 2 is 2.23 bits per heavy atom. The normalized spacial score (nSPS) is 12.1. The molecule has 0 N–H and O–H groups in total. The van der Waals surface area contributed by atoms with Crippen molar-refractivity contribution in [3.05, 3.63) is 24.7 Å². The van der Waals surface area contributed by atoms with Crippen molar-refractivity contribution in [3.63, 3.8) is 0 Å². The number of hydrogen-bond donors (Lipinski definition) is 0. The summed E-state index contributed by atoms with van der Waals surface area (Å²) in [6.45, 7) is 0. The Labute approximate surface area is 75.1 Å². The molecule has 0 spiro atoms. The number of nitrogens with zero attached hydrogens (tertiary/aromatic N) is 3. The van der Waals surface area contributed by atoms with E-state index in [1.807, 2.05) is 0 Å². The molecule has 68 valence electrons. The van der Waals surface area contributed by atoms with Crippen molar-refractivity contribution >= 4 is 20.9 Å². The topological polar surface area (TPSA) is 64.8 Å². The highest BCUT2D eigenvalue weighted by Crippen LogP contribution is 2.09. The summed E-state index contributed by atoms with van der Waals surface area (Å²) in [6, 6.07) is 1.66. The molecule has 13 heavy (non-hydrogen) atoms. The zero-order chi connectivity index (χ0) is 9.47. The lowest BCUT2D eigenvalue weighted by molar-refractivity contribution is 0.587. The summed E-state index contributed by atoms with van der Waals surface area (Å²) < 4.78 is 23.1. The first-order chi connectivity index (χ1) is 6.07. The molecule has 0 aliphatic heterocycles. The Bertz CT molecular complexity index is 511. The summed E-state index contributed by atoms with van der Waals surface area (Å²) in [6.07, 6.45) is 5.69. The zero-order valence-electron chi connectivity index (χ0n) is 6.88. The van der Waals surface area contributed by atoms with Crippen molar-refractivity contribution in [2.75, 3.05) is 6.26 Å². The minimum Gasteiger partial charge on any atom is -0.264 e. The quantitative estimate of drug-likeness (QED) is 0.656. The van der Waals surface area contributed by atoms with E-state index in [0.717, 1.165) is 10.3 Å². The number of hydrogen-bond acceptors (Lipinski definition) is 4. The third kappa shape index (κ3) is 1.40. The molecule has 0 aliphatic rings. The van der Waals surface area contributed by atoms with Crippen LogP contribution in [-0.2, 0) is 10.0 Å². The van der Waals surface area contributed by atoms with Crippen LogP contribution in [0.2, 0.25) is 0 Å². The predicted octanol–water partition coefficient (Wildman–Crippen LogP) is 0.239. The van der Waals surface area contributed by atoms with E-state index < -0.39 is 10.0 Å². The van der Waals surface area contributed by atoms with E-state index in [2.05, 4.69) is 10.1 Å². The number of fused-ring (bicyclic) bond motifs is 1. The lowest BCUT2D eigenvalue weighted by Gasteiger charge is -1.92. The van der Waals surface area contributed by atoms with Crippen LogP contribution in [0.1, 0.15) is 0 Å². The first kappa shape index (κ1) is 8.18. The van der Waals surface area contributed by atoms with Crippen LogP contribution < -0.4 is 0 Å². The molecule has 0 unspecified atom stereocenters. The van der Waals surface area contributed by atoms with Crippen LogP contribution in [0, 0.1) is 0 Å². The van der Waals surface area contributed by atoms with Crippen LogP contribution in [0.15, 0.2) is 24.7 Å². The van der Waals surface area contributed by atoms with Crippen LogP contribution in [-0.4, -0.2) is 28.8 Å². The fraction of sp³-hybridized carbons (Fsp3) is 0.143. The minimum absolute atomic E-state index is 0.625. The van der Waals surface area contributed by atoms with E-state index >= 15 is 0 Å². The van der Waals surface area contributed by atoms with Gasteiger partial charge in [0.1, 0.15) is 0 Å². The van der Waals surface area contributed by atoms with E-state index in [9.17, 15) is 8.42 Å². The summed E-state index contributed by atoms with van der Waals surface area (Å²) in [7, 11) is -3.29. The molecule has 0 fully saturated rings. The smallest absolute Gasteiger partial charge is 0.250 e. The maximum Gasteiger partial charge on any atom is 0.250 e. The molecule has 2 aromatic rings. The summed E-state index contributed by atoms with van der Waals surface area (Å²) in [5, 5.41) is 4.59. The van der Waals surface area contributed by atoms with Crippen molar-refractivity contribution in [1.29, 1.82) is 0 Å². The van der Waals surface area contributed by atoms with E-state index in [4.69, 9.17) is 0 Å². The maximum atomic E-state index is 11.1. The molecule has 0 amide bonds. The van der Waals surface area contributed by atoms with Gasteiger partial charge in [-0.3, -0.25) is 4.98 Å². The standard InChI is InChI=1S/C7H7N3O2S/c1-13(11,12)10-5-6-4-8-3-2-7(6)9-10/h2-5H,1H3.